The zero-order valence-corrected chi connectivity index (χ0v) is 14.0. The number of benzene rings is 1. The zero-order valence-electron chi connectivity index (χ0n) is 12.4. The molecule has 21 heavy (non-hydrogen) atoms. The van der Waals surface area contributed by atoms with Crippen LogP contribution in [-0.2, 0) is 0 Å². The molecule has 4 heteroatoms. The Morgan fingerprint density at radius 1 is 1.24 bits per heavy atom. The van der Waals surface area contributed by atoms with Gasteiger partial charge in [-0.1, -0.05) is 41.9 Å². The maximum atomic E-state index is 6.11. The van der Waals surface area contributed by atoms with Gasteiger partial charge in [-0.15, -0.1) is 11.3 Å². The van der Waals surface area contributed by atoms with Crippen LogP contribution in [0.4, 0.5) is 0 Å². The lowest BCUT2D eigenvalue weighted by Crippen LogP contribution is -2.51. The minimum atomic E-state index is 0.386. The Morgan fingerprint density at radius 3 is 2.67 bits per heavy atom. The number of nitrogens with zero attached hydrogens (tertiary/aromatic N) is 1. The quantitative estimate of drug-likeness (QED) is 0.896. The van der Waals surface area contributed by atoms with Crippen molar-refractivity contribution in [3.05, 3.63) is 57.2 Å². The summed E-state index contributed by atoms with van der Waals surface area (Å²) in [5.74, 6) is 0. The average molecular weight is 321 g/mol. The summed E-state index contributed by atoms with van der Waals surface area (Å²) in [5.41, 5.74) is 1.38. The summed E-state index contributed by atoms with van der Waals surface area (Å²) < 4.78 is 0.872. The fourth-order valence-electron chi connectivity index (χ4n) is 3.07. The monoisotopic (exact) mass is 320 g/mol. The molecular formula is C17H21ClN2S. The van der Waals surface area contributed by atoms with Gasteiger partial charge in [0.05, 0.1) is 4.34 Å². The van der Waals surface area contributed by atoms with E-state index in [0.717, 1.165) is 17.4 Å². The molecule has 0 spiro atoms. The lowest BCUT2D eigenvalue weighted by Gasteiger charge is -2.43. The highest BCUT2D eigenvalue weighted by Crippen LogP contribution is 2.36. The summed E-state index contributed by atoms with van der Waals surface area (Å²) >= 11 is 7.80. The van der Waals surface area contributed by atoms with Crippen LogP contribution in [0.5, 0.6) is 0 Å². The van der Waals surface area contributed by atoms with E-state index in [2.05, 4.69) is 60.5 Å². The topological polar surface area (TPSA) is 15.3 Å². The van der Waals surface area contributed by atoms with E-state index in [1.54, 1.807) is 11.3 Å². The molecule has 0 saturated carbocycles. The average Bonchev–Trinajstić information content (AvgIpc) is 2.94. The molecule has 1 aliphatic heterocycles. The van der Waals surface area contributed by atoms with Gasteiger partial charge in [-0.2, -0.15) is 0 Å². The minimum absolute atomic E-state index is 0.386. The van der Waals surface area contributed by atoms with Gasteiger partial charge in [-0.3, -0.25) is 4.90 Å². The molecule has 1 aromatic carbocycles. The van der Waals surface area contributed by atoms with Crippen LogP contribution < -0.4 is 5.32 Å². The largest absolute Gasteiger partial charge is 0.311 e. The van der Waals surface area contributed by atoms with Crippen LogP contribution >= 0.6 is 22.9 Å². The Bertz CT molecular complexity index is 583. The molecular weight excluding hydrogens is 300 g/mol. The maximum Gasteiger partial charge on any atom is 0.0931 e. The Morgan fingerprint density at radius 2 is 2.00 bits per heavy atom. The predicted octanol–water partition coefficient (Wildman–Crippen LogP) is 4.50. The van der Waals surface area contributed by atoms with E-state index in [0.29, 0.717) is 18.1 Å². The summed E-state index contributed by atoms with van der Waals surface area (Å²) in [7, 11) is 0. The first kappa shape index (κ1) is 15.0. The van der Waals surface area contributed by atoms with E-state index in [9.17, 15) is 0 Å². The standard InChI is InChI=1S/C17H21ClN2S/c1-12-11-20(13(2)16-8-9-17(18)21-16)15(10-19-12)14-6-4-3-5-7-14/h3-9,12-13,15,19H,10-11H2,1-2H3. The van der Waals surface area contributed by atoms with Crippen molar-refractivity contribution in [3.8, 4) is 0 Å². The van der Waals surface area contributed by atoms with E-state index >= 15 is 0 Å². The molecule has 2 heterocycles. The normalized spacial score (nSPS) is 24.9. The van der Waals surface area contributed by atoms with Crippen molar-refractivity contribution in [2.45, 2.75) is 32.0 Å². The van der Waals surface area contributed by atoms with Crippen LogP contribution in [0.25, 0.3) is 0 Å². The van der Waals surface area contributed by atoms with Gasteiger partial charge >= 0.3 is 0 Å². The number of hydrogen-bond acceptors (Lipinski definition) is 3. The molecule has 3 unspecified atom stereocenters. The highest BCUT2D eigenvalue weighted by atomic mass is 35.5. The molecule has 2 nitrogen and oxygen atoms in total. The maximum absolute atomic E-state index is 6.11. The SMILES string of the molecule is CC1CN(C(C)c2ccc(Cl)s2)C(c2ccccc2)CN1. The van der Waals surface area contributed by atoms with Crippen LogP contribution in [0.2, 0.25) is 4.34 Å². The van der Waals surface area contributed by atoms with E-state index in [4.69, 9.17) is 11.6 Å². The third-order valence-electron chi connectivity index (χ3n) is 4.23. The molecule has 2 aromatic rings. The molecule has 0 amide bonds. The van der Waals surface area contributed by atoms with Gasteiger partial charge < -0.3 is 5.32 Å². The van der Waals surface area contributed by atoms with Gasteiger partial charge in [0.25, 0.3) is 0 Å². The fourth-order valence-corrected chi connectivity index (χ4v) is 4.20. The van der Waals surface area contributed by atoms with Crippen LogP contribution in [-0.4, -0.2) is 24.0 Å². The smallest absolute Gasteiger partial charge is 0.0931 e. The van der Waals surface area contributed by atoms with Gasteiger partial charge in [0.1, 0.15) is 0 Å². The number of hydrogen-bond donors (Lipinski definition) is 1. The number of thiophene rings is 1. The van der Waals surface area contributed by atoms with Gasteiger partial charge in [0.2, 0.25) is 0 Å². The fraction of sp³-hybridized carbons (Fsp3) is 0.412. The van der Waals surface area contributed by atoms with E-state index in [1.807, 2.05) is 6.07 Å². The van der Waals surface area contributed by atoms with E-state index in [-0.39, 0.29) is 0 Å². The number of halogens is 1. The van der Waals surface area contributed by atoms with Crippen molar-refractivity contribution >= 4 is 22.9 Å². The Labute approximate surface area is 135 Å². The van der Waals surface area contributed by atoms with Crippen molar-refractivity contribution in [1.82, 2.24) is 10.2 Å². The van der Waals surface area contributed by atoms with Crippen LogP contribution in [0.3, 0.4) is 0 Å². The molecule has 1 saturated heterocycles. The highest BCUT2D eigenvalue weighted by molar-refractivity contribution is 7.16. The zero-order chi connectivity index (χ0) is 14.8. The first-order valence-corrected chi connectivity index (χ1v) is 8.64. The molecule has 1 aliphatic rings. The third-order valence-corrected chi connectivity index (χ3v) is 5.63. The number of nitrogens with one attached hydrogen (secondary N) is 1. The van der Waals surface area contributed by atoms with Crippen molar-refractivity contribution < 1.29 is 0 Å². The summed E-state index contributed by atoms with van der Waals surface area (Å²) in [4.78, 5) is 3.94. The van der Waals surface area contributed by atoms with Crippen molar-refractivity contribution in [2.75, 3.05) is 13.1 Å². The van der Waals surface area contributed by atoms with Crippen LogP contribution in [0.15, 0.2) is 42.5 Å². The molecule has 3 rings (SSSR count). The number of rotatable bonds is 3. The second kappa shape index (κ2) is 6.49. The van der Waals surface area contributed by atoms with Crippen LogP contribution in [0.1, 0.15) is 36.4 Å². The van der Waals surface area contributed by atoms with Crippen LogP contribution in [0, 0.1) is 0 Å². The third kappa shape index (κ3) is 3.32. The molecule has 0 aliphatic carbocycles. The Balaban J connectivity index is 1.88. The Hall–Kier alpha value is -0.870. The second-order valence-corrected chi connectivity index (χ2v) is 7.50. The molecule has 1 fully saturated rings. The van der Waals surface area contributed by atoms with E-state index < -0.39 is 0 Å². The second-order valence-electron chi connectivity index (χ2n) is 5.75. The van der Waals surface area contributed by atoms with Gasteiger partial charge in [0, 0.05) is 36.1 Å². The Kier molecular flexibility index (Phi) is 4.65. The first-order valence-electron chi connectivity index (χ1n) is 7.44. The summed E-state index contributed by atoms with van der Waals surface area (Å²) in [6.07, 6.45) is 0. The van der Waals surface area contributed by atoms with E-state index in [1.165, 1.54) is 10.4 Å². The molecule has 0 radical (unpaired) electrons. The summed E-state index contributed by atoms with van der Waals surface area (Å²) in [6.45, 7) is 6.59. The van der Waals surface area contributed by atoms with Gasteiger partial charge in [-0.05, 0) is 31.5 Å². The molecule has 1 N–H and O–H groups in total. The van der Waals surface area contributed by atoms with Crippen molar-refractivity contribution in [1.29, 1.82) is 0 Å². The molecule has 3 atom stereocenters. The summed E-state index contributed by atoms with van der Waals surface area (Å²) in [5, 5.41) is 3.61. The summed E-state index contributed by atoms with van der Waals surface area (Å²) in [6, 6.07) is 16.3. The number of piperazine rings is 1. The van der Waals surface area contributed by atoms with Crippen molar-refractivity contribution in [2.24, 2.45) is 0 Å². The molecule has 0 bridgehead atoms. The lowest BCUT2D eigenvalue weighted by atomic mass is 9.99. The van der Waals surface area contributed by atoms with Gasteiger partial charge in [0.15, 0.2) is 0 Å². The predicted molar refractivity (Wildman–Crippen MR) is 91.1 cm³/mol. The van der Waals surface area contributed by atoms with Crippen molar-refractivity contribution in [3.63, 3.8) is 0 Å². The first-order chi connectivity index (χ1) is 10.1. The minimum Gasteiger partial charge on any atom is -0.311 e. The molecule has 112 valence electrons. The lowest BCUT2D eigenvalue weighted by molar-refractivity contribution is 0.0945. The highest BCUT2D eigenvalue weighted by Gasteiger charge is 2.31. The van der Waals surface area contributed by atoms with Gasteiger partial charge in [-0.25, -0.2) is 0 Å². The molecule has 1 aromatic heterocycles.